The summed E-state index contributed by atoms with van der Waals surface area (Å²) in [6.07, 6.45) is -5.59. The largest absolute Gasteiger partial charge is 0.573 e. The molecule has 0 spiro atoms. The standard InChI is InChI=1S/C12H10BrF3O4/c1-18-11-8(17)5-10(11)19-6-2-3-9(7(13)4-6)20-12(14,15)16/h2-4,10-11H,5H2,1H3. The number of ether oxygens (including phenoxy) is 3. The SMILES string of the molecule is COC1C(=O)CC1Oc1ccc(OC(F)(F)F)c(Br)c1. The Morgan fingerprint density at radius 2 is 2.05 bits per heavy atom. The molecule has 110 valence electrons. The number of carbonyl (C=O) groups excluding carboxylic acids is 1. The van der Waals surface area contributed by atoms with Crippen molar-refractivity contribution in [2.45, 2.75) is 25.0 Å². The highest BCUT2D eigenvalue weighted by Crippen LogP contribution is 2.34. The summed E-state index contributed by atoms with van der Waals surface area (Å²) in [4.78, 5) is 11.2. The number of methoxy groups -OCH3 is 1. The molecular weight excluding hydrogens is 345 g/mol. The fourth-order valence-corrected chi connectivity index (χ4v) is 2.23. The van der Waals surface area contributed by atoms with Crippen LogP contribution in [0.5, 0.6) is 11.5 Å². The second kappa shape index (κ2) is 5.61. The third-order valence-corrected chi connectivity index (χ3v) is 3.35. The third-order valence-electron chi connectivity index (χ3n) is 2.73. The number of ketones is 1. The summed E-state index contributed by atoms with van der Waals surface area (Å²) in [6, 6.07) is 3.81. The lowest BCUT2D eigenvalue weighted by Crippen LogP contribution is -2.51. The molecule has 0 N–H and O–H groups in total. The molecule has 1 fully saturated rings. The van der Waals surface area contributed by atoms with Gasteiger partial charge in [-0.05, 0) is 34.1 Å². The second-order valence-electron chi connectivity index (χ2n) is 4.12. The molecule has 0 heterocycles. The van der Waals surface area contributed by atoms with Crippen LogP contribution in [0.3, 0.4) is 0 Å². The topological polar surface area (TPSA) is 44.8 Å². The van der Waals surface area contributed by atoms with E-state index in [4.69, 9.17) is 9.47 Å². The summed E-state index contributed by atoms with van der Waals surface area (Å²) in [7, 11) is 1.40. The van der Waals surface area contributed by atoms with Crippen molar-refractivity contribution in [2.24, 2.45) is 0 Å². The number of Topliss-reactive ketones (excluding diaryl/α,β-unsaturated/α-hetero) is 1. The number of benzene rings is 1. The van der Waals surface area contributed by atoms with Gasteiger partial charge in [0.05, 0.1) is 4.47 Å². The average molecular weight is 355 g/mol. The van der Waals surface area contributed by atoms with Gasteiger partial charge in [0.2, 0.25) is 0 Å². The van der Waals surface area contributed by atoms with Crippen LogP contribution in [-0.2, 0) is 9.53 Å². The highest BCUT2D eigenvalue weighted by atomic mass is 79.9. The molecule has 0 amide bonds. The van der Waals surface area contributed by atoms with Crippen molar-refractivity contribution in [3.63, 3.8) is 0 Å². The van der Waals surface area contributed by atoms with Crippen LogP contribution >= 0.6 is 15.9 Å². The molecule has 1 aliphatic carbocycles. The number of hydrogen-bond donors (Lipinski definition) is 0. The molecule has 2 rings (SSSR count). The summed E-state index contributed by atoms with van der Waals surface area (Å²) in [6.45, 7) is 0. The van der Waals surface area contributed by atoms with Gasteiger partial charge >= 0.3 is 6.36 Å². The minimum absolute atomic E-state index is 0.0615. The monoisotopic (exact) mass is 354 g/mol. The maximum Gasteiger partial charge on any atom is 0.573 e. The summed E-state index contributed by atoms with van der Waals surface area (Å²) >= 11 is 2.97. The van der Waals surface area contributed by atoms with E-state index in [0.717, 1.165) is 6.07 Å². The van der Waals surface area contributed by atoms with E-state index in [1.807, 2.05) is 0 Å². The lowest BCUT2D eigenvalue weighted by Gasteiger charge is -2.33. The van der Waals surface area contributed by atoms with Crippen molar-refractivity contribution in [3.05, 3.63) is 22.7 Å². The summed E-state index contributed by atoms with van der Waals surface area (Å²) in [5.41, 5.74) is 0. The number of rotatable bonds is 4. The summed E-state index contributed by atoms with van der Waals surface area (Å²) in [5, 5.41) is 0. The Bertz CT molecular complexity index is 518. The smallest absolute Gasteiger partial charge is 0.487 e. The van der Waals surface area contributed by atoms with Gasteiger partial charge < -0.3 is 14.2 Å². The van der Waals surface area contributed by atoms with Gasteiger partial charge in [0.15, 0.2) is 11.9 Å². The van der Waals surface area contributed by atoms with Crippen LogP contribution in [0, 0.1) is 0 Å². The Labute approximate surface area is 120 Å². The minimum atomic E-state index is -4.76. The predicted octanol–water partition coefficient (Wildman–Crippen LogP) is 3.08. The molecule has 0 radical (unpaired) electrons. The second-order valence-corrected chi connectivity index (χ2v) is 4.98. The molecule has 20 heavy (non-hydrogen) atoms. The zero-order valence-electron chi connectivity index (χ0n) is 10.2. The van der Waals surface area contributed by atoms with Gasteiger partial charge in [-0.2, -0.15) is 0 Å². The van der Waals surface area contributed by atoms with E-state index >= 15 is 0 Å². The summed E-state index contributed by atoms with van der Waals surface area (Å²) < 4.78 is 50.7. The maximum absolute atomic E-state index is 12.1. The number of carbonyl (C=O) groups is 1. The number of alkyl halides is 3. The van der Waals surface area contributed by atoms with Crippen LogP contribution in [0.2, 0.25) is 0 Å². The first-order chi connectivity index (χ1) is 9.30. The average Bonchev–Trinajstić information content (AvgIpc) is 2.31. The lowest BCUT2D eigenvalue weighted by atomic mass is 9.90. The van der Waals surface area contributed by atoms with Gasteiger partial charge in [-0.3, -0.25) is 4.79 Å². The molecule has 0 aromatic heterocycles. The molecule has 0 aliphatic heterocycles. The Balaban J connectivity index is 2.04. The molecule has 1 aromatic rings. The van der Waals surface area contributed by atoms with Gasteiger partial charge in [-0.25, -0.2) is 0 Å². The molecule has 4 nitrogen and oxygen atoms in total. The molecule has 0 saturated heterocycles. The van der Waals surface area contributed by atoms with E-state index in [2.05, 4.69) is 20.7 Å². The van der Waals surface area contributed by atoms with Crippen LogP contribution in [0.1, 0.15) is 6.42 Å². The first kappa shape index (κ1) is 15.1. The molecule has 1 aliphatic rings. The Hall–Kier alpha value is -1.28. The molecule has 1 aromatic carbocycles. The lowest BCUT2D eigenvalue weighted by molar-refractivity contribution is -0.274. The van der Waals surface area contributed by atoms with Gasteiger partial charge in [0, 0.05) is 13.5 Å². The van der Waals surface area contributed by atoms with Crippen LogP contribution in [0.4, 0.5) is 13.2 Å². The van der Waals surface area contributed by atoms with Crippen molar-refractivity contribution in [3.8, 4) is 11.5 Å². The third kappa shape index (κ3) is 3.43. The molecule has 2 unspecified atom stereocenters. The molecule has 1 saturated carbocycles. The van der Waals surface area contributed by atoms with E-state index in [1.54, 1.807) is 0 Å². The Kier molecular flexibility index (Phi) is 4.24. The van der Waals surface area contributed by atoms with E-state index in [1.165, 1.54) is 19.2 Å². The van der Waals surface area contributed by atoms with Crippen molar-refractivity contribution in [1.82, 2.24) is 0 Å². The molecule has 8 heteroatoms. The number of hydrogen-bond acceptors (Lipinski definition) is 4. The van der Waals surface area contributed by atoms with Crippen molar-refractivity contribution in [2.75, 3.05) is 7.11 Å². The first-order valence-electron chi connectivity index (χ1n) is 5.57. The summed E-state index contributed by atoms with van der Waals surface area (Å²) in [5.74, 6) is -0.0997. The predicted molar refractivity (Wildman–Crippen MR) is 65.7 cm³/mol. The van der Waals surface area contributed by atoms with E-state index < -0.39 is 18.6 Å². The van der Waals surface area contributed by atoms with Crippen molar-refractivity contribution in [1.29, 1.82) is 0 Å². The van der Waals surface area contributed by atoms with Crippen molar-refractivity contribution >= 4 is 21.7 Å². The molecule has 2 atom stereocenters. The Morgan fingerprint density at radius 3 is 2.55 bits per heavy atom. The van der Waals surface area contributed by atoms with Gasteiger partial charge in [-0.15, -0.1) is 13.2 Å². The van der Waals surface area contributed by atoms with Gasteiger partial charge in [0.1, 0.15) is 17.6 Å². The fourth-order valence-electron chi connectivity index (χ4n) is 1.79. The van der Waals surface area contributed by atoms with Gasteiger partial charge in [0.25, 0.3) is 0 Å². The van der Waals surface area contributed by atoms with Gasteiger partial charge in [-0.1, -0.05) is 0 Å². The highest BCUT2D eigenvalue weighted by molar-refractivity contribution is 9.10. The fraction of sp³-hybridized carbons (Fsp3) is 0.417. The molecule has 0 bridgehead atoms. The zero-order chi connectivity index (χ0) is 14.9. The van der Waals surface area contributed by atoms with Crippen LogP contribution < -0.4 is 9.47 Å². The van der Waals surface area contributed by atoms with E-state index in [-0.39, 0.29) is 22.4 Å². The van der Waals surface area contributed by atoms with Crippen LogP contribution in [0.15, 0.2) is 22.7 Å². The van der Waals surface area contributed by atoms with E-state index in [0.29, 0.717) is 5.75 Å². The first-order valence-corrected chi connectivity index (χ1v) is 6.37. The van der Waals surface area contributed by atoms with Crippen LogP contribution in [0.25, 0.3) is 0 Å². The Morgan fingerprint density at radius 1 is 1.35 bits per heavy atom. The zero-order valence-corrected chi connectivity index (χ0v) is 11.8. The maximum atomic E-state index is 12.1. The normalized spacial score (nSPS) is 22.4. The quantitative estimate of drug-likeness (QED) is 0.833. The van der Waals surface area contributed by atoms with Crippen molar-refractivity contribution < 1.29 is 32.2 Å². The highest BCUT2D eigenvalue weighted by Gasteiger charge is 2.42. The minimum Gasteiger partial charge on any atom is -0.487 e. The van der Waals surface area contributed by atoms with E-state index in [9.17, 15) is 18.0 Å². The molecular formula is C12H10BrF3O4. The van der Waals surface area contributed by atoms with Crippen LogP contribution in [-0.4, -0.2) is 31.5 Å². The number of halogens is 4.